The topological polar surface area (TPSA) is 63.6 Å². The molecule has 0 saturated carbocycles. The lowest BCUT2D eigenvalue weighted by molar-refractivity contribution is -0.0114. The van der Waals surface area contributed by atoms with Gasteiger partial charge >= 0.3 is 0 Å². The number of ether oxygens (including phenoxy) is 1. The van der Waals surface area contributed by atoms with Gasteiger partial charge < -0.3 is 4.74 Å². The van der Waals surface area contributed by atoms with Crippen LogP contribution >= 0.6 is 0 Å². The molecule has 1 aliphatic rings. The molecule has 1 N–H and O–H groups in total. The molecule has 0 unspecified atom stereocenters. The van der Waals surface area contributed by atoms with Crippen molar-refractivity contribution in [1.29, 1.82) is 0 Å². The fourth-order valence-electron chi connectivity index (χ4n) is 1.40. The van der Waals surface area contributed by atoms with E-state index in [2.05, 4.69) is 0 Å². The average Bonchev–Trinajstić information content (AvgIpc) is 2.54. The molecular weight excluding hydrogens is 230 g/mol. The van der Waals surface area contributed by atoms with Crippen LogP contribution in [0.3, 0.4) is 0 Å². The van der Waals surface area contributed by atoms with Crippen LogP contribution in [0.25, 0.3) is 0 Å². The van der Waals surface area contributed by atoms with E-state index >= 15 is 0 Å². The normalized spacial score (nSPS) is 23.6. The van der Waals surface area contributed by atoms with E-state index in [1.54, 1.807) is 6.08 Å². The highest BCUT2D eigenvalue weighted by molar-refractivity contribution is 7.85. The first-order chi connectivity index (χ1) is 6.90. The maximum atomic E-state index is 12.5. The Morgan fingerprint density at radius 3 is 2.60 bits per heavy atom. The monoisotopic (exact) mass is 242 g/mol. The van der Waals surface area contributed by atoms with E-state index in [1.807, 2.05) is 0 Å². The summed E-state index contributed by atoms with van der Waals surface area (Å²) in [5.74, 6) is -1.86. The Morgan fingerprint density at radius 1 is 1.53 bits per heavy atom. The second-order valence-corrected chi connectivity index (χ2v) is 4.87. The standard InChI is InChI=1S/C8H12F2O4S/c9-8(10)6(3-5-15(11,12)13)7-2-1-4-14-7/h1-2,6-8H,3-5H2,(H,11,12,13)/t6-,7-/m0/s1. The summed E-state index contributed by atoms with van der Waals surface area (Å²) in [7, 11) is -4.20. The van der Waals surface area contributed by atoms with Crippen molar-refractivity contribution >= 4 is 10.1 Å². The van der Waals surface area contributed by atoms with E-state index in [0.717, 1.165) is 0 Å². The zero-order valence-corrected chi connectivity index (χ0v) is 8.66. The first kappa shape index (κ1) is 12.5. The van der Waals surface area contributed by atoms with Crippen molar-refractivity contribution in [1.82, 2.24) is 0 Å². The number of hydrogen-bond acceptors (Lipinski definition) is 3. The predicted octanol–water partition coefficient (Wildman–Crippen LogP) is 1.10. The zero-order valence-electron chi connectivity index (χ0n) is 7.84. The lowest BCUT2D eigenvalue weighted by atomic mass is 10.0. The molecule has 0 amide bonds. The molecule has 88 valence electrons. The van der Waals surface area contributed by atoms with Crippen molar-refractivity contribution in [3.63, 3.8) is 0 Å². The molecular formula is C8H12F2O4S. The third-order valence-corrected chi connectivity index (χ3v) is 2.92. The molecule has 0 saturated heterocycles. The lowest BCUT2D eigenvalue weighted by Gasteiger charge is -2.20. The summed E-state index contributed by atoms with van der Waals surface area (Å²) in [6.07, 6.45) is -0.647. The maximum Gasteiger partial charge on any atom is 0.264 e. The zero-order chi connectivity index (χ0) is 11.5. The molecule has 0 bridgehead atoms. The van der Waals surface area contributed by atoms with E-state index in [-0.39, 0.29) is 13.0 Å². The Bertz CT molecular complexity index is 326. The molecule has 0 aromatic carbocycles. The summed E-state index contributed by atoms with van der Waals surface area (Å²) in [5, 5.41) is 0. The van der Waals surface area contributed by atoms with Gasteiger partial charge in [-0.3, -0.25) is 4.55 Å². The first-order valence-corrected chi connectivity index (χ1v) is 6.02. The minimum absolute atomic E-state index is 0.264. The third kappa shape index (κ3) is 4.23. The van der Waals surface area contributed by atoms with E-state index in [1.165, 1.54) is 6.08 Å². The summed E-state index contributed by atoms with van der Waals surface area (Å²) in [6.45, 7) is 0.264. The van der Waals surface area contributed by atoms with Crippen LogP contribution in [0, 0.1) is 5.92 Å². The molecule has 0 aromatic heterocycles. The van der Waals surface area contributed by atoms with Crippen molar-refractivity contribution < 1.29 is 26.5 Å². The minimum atomic E-state index is -4.20. The van der Waals surface area contributed by atoms with E-state index in [9.17, 15) is 17.2 Å². The van der Waals surface area contributed by atoms with Crippen molar-refractivity contribution in [2.45, 2.75) is 19.0 Å². The summed E-state index contributed by atoms with van der Waals surface area (Å²) in [6, 6.07) is 0. The first-order valence-electron chi connectivity index (χ1n) is 4.42. The van der Waals surface area contributed by atoms with Crippen LogP contribution in [0.4, 0.5) is 8.78 Å². The molecule has 1 heterocycles. The predicted molar refractivity (Wildman–Crippen MR) is 49.4 cm³/mol. The van der Waals surface area contributed by atoms with Crippen LogP contribution in [-0.2, 0) is 14.9 Å². The third-order valence-electron chi connectivity index (χ3n) is 2.17. The van der Waals surface area contributed by atoms with Crippen LogP contribution in [0.2, 0.25) is 0 Å². The quantitative estimate of drug-likeness (QED) is 0.579. The number of rotatable bonds is 5. The van der Waals surface area contributed by atoms with Crippen LogP contribution in [0.15, 0.2) is 12.2 Å². The Balaban J connectivity index is 2.55. The van der Waals surface area contributed by atoms with Crippen molar-refractivity contribution in [3.05, 3.63) is 12.2 Å². The highest BCUT2D eigenvalue weighted by Gasteiger charge is 2.31. The smallest absolute Gasteiger partial charge is 0.264 e. The molecule has 15 heavy (non-hydrogen) atoms. The molecule has 0 radical (unpaired) electrons. The van der Waals surface area contributed by atoms with Gasteiger partial charge in [0, 0.05) is 0 Å². The van der Waals surface area contributed by atoms with Gasteiger partial charge in [0.25, 0.3) is 10.1 Å². The van der Waals surface area contributed by atoms with Gasteiger partial charge in [-0.1, -0.05) is 12.2 Å². The molecule has 1 aliphatic heterocycles. The van der Waals surface area contributed by atoms with Gasteiger partial charge in [-0.2, -0.15) is 8.42 Å². The summed E-state index contributed by atoms with van der Waals surface area (Å²) >= 11 is 0. The van der Waals surface area contributed by atoms with Gasteiger partial charge in [-0.25, -0.2) is 8.78 Å². The van der Waals surface area contributed by atoms with Crippen LogP contribution in [0.1, 0.15) is 6.42 Å². The fourth-order valence-corrected chi connectivity index (χ4v) is 1.97. The Hall–Kier alpha value is -0.530. The number of halogens is 2. The van der Waals surface area contributed by atoms with E-state index in [4.69, 9.17) is 9.29 Å². The molecule has 7 heteroatoms. The molecule has 4 nitrogen and oxygen atoms in total. The SMILES string of the molecule is O=S(=O)(O)CC[C@H](C(F)F)[C@@H]1C=CCO1. The minimum Gasteiger partial charge on any atom is -0.370 e. The largest absolute Gasteiger partial charge is 0.370 e. The molecule has 2 atom stereocenters. The summed E-state index contributed by atoms with van der Waals surface area (Å²) in [4.78, 5) is 0. The molecule has 1 rings (SSSR count). The second-order valence-electron chi connectivity index (χ2n) is 3.30. The Labute approximate surface area is 86.7 Å². The Kier molecular flexibility index (Phi) is 4.18. The fraction of sp³-hybridized carbons (Fsp3) is 0.750. The molecule has 0 aliphatic carbocycles. The van der Waals surface area contributed by atoms with Gasteiger partial charge in [0.15, 0.2) is 0 Å². The van der Waals surface area contributed by atoms with Crippen molar-refractivity contribution in [2.24, 2.45) is 5.92 Å². The highest BCUT2D eigenvalue weighted by Crippen LogP contribution is 2.24. The van der Waals surface area contributed by atoms with E-state index in [0.29, 0.717) is 0 Å². The second kappa shape index (κ2) is 5.00. The van der Waals surface area contributed by atoms with Gasteiger partial charge in [0.2, 0.25) is 6.43 Å². The van der Waals surface area contributed by atoms with Crippen LogP contribution < -0.4 is 0 Å². The van der Waals surface area contributed by atoms with Crippen molar-refractivity contribution in [2.75, 3.05) is 12.4 Å². The number of alkyl halides is 2. The van der Waals surface area contributed by atoms with Crippen LogP contribution in [-0.4, -0.2) is 37.9 Å². The van der Waals surface area contributed by atoms with Crippen LogP contribution in [0.5, 0.6) is 0 Å². The lowest BCUT2D eigenvalue weighted by Crippen LogP contribution is -2.28. The Morgan fingerprint density at radius 2 is 2.20 bits per heavy atom. The van der Waals surface area contributed by atoms with Gasteiger partial charge in [-0.15, -0.1) is 0 Å². The summed E-state index contributed by atoms with van der Waals surface area (Å²) < 4.78 is 59.4. The van der Waals surface area contributed by atoms with Gasteiger partial charge in [0.1, 0.15) is 0 Å². The average molecular weight is 242 g/mol. The molecule has 0 aromatic rings. The van der Waals surface area contributed by atoms with Gasteiger partial charge in [0.05, 0.1) is 24.4 Å². The highest BCUT2D eigenvalue weighted by atomic mass is 32.2. The van der Waals surface area contributed by atoms with E-state index < -0.39 is 34.3 Å². The molecule has 0 spiro atoms. The molecule has 0 fully saturated rings. The summed E-state index contributed by atoms with van der Waals surface area (Å²) in [5.41, 5.74) is 0. The number of hydrogen-bond donors (Lipinski definition) is 1. The van der Waals surface area contributed by atoms with Gasteiger partial charge in [-0.05, 0) is 6.42 Å². The van der Waals surface area contributed by atoms with Crippen molar-refractivity contribution in [3.8, 4) is 0 Å². The maximum absolute atomic E-state index is 12.5.